The van der Waals surface area contributed by atoms with Gasteiger partial charge in [0.25, 0.3) is 0 Å². The lowest BCUT2D eigenvalue weighted by Gasteiger charge is -2.34. The van der Waals surface area contributed by atoms with Gasteiger partial charge in [-0.25, -0.2) is 0 Å². The first-order valence-corrected chi connectivity index (χ1v) is 11.0. The SMILES string of the molecule is COc1ccc(-n2nnnc2SC)cc1CN[C@H]1CCCN[C@H]1c1ccccc1.Cl.Cl. The second-order valence-electron chi connectivity index (χ2n) is 7.05. The standard InChI is InChI=1S/C21H26N6OS.2ClH/c1-28-19-11-10-17(27-21(29-2)24-25-26-27)13-16(19)14-23-18-9-6-12-22-20(18)15-7-4-3-5-8-15;;/h3-5,7-8,10-11,13,18,20,22-23H,6,9,12,14H2,1-2H3;2*1H/t18-,20-;;/m0../s1. The smallest absolute Gasteiger partial charge is 0.213 e. The average Bonchev–Trinajstić information content (AvgIpc) is 3.27. The second kappa shape index (κ2) is 12.3. The molecule has 2 atom stereocenters. The van der Waals surface area contributed by atoms with Gasteiger partial charge >= 0.3 is 0 Å². The van der Waals surface area contributed by atoms with Gasteiger partial charge in [0.05, 0.1) is 12.8 Å². The van der Waals surface area contributed by atoms with Gasteiger partial charge in [-0.15, -0.1) is 29.9 Å². The van der Waals surface area contributed by atoms with Crippen LogP contribution in [-0.2, 0) is 6.54 Å². The van der Waals surface area contributed by atoms with Crippen LogP contribution >= 0.6 is 36.6 Å². The van der Waals surface area contributed by atoms with E-state index in [4.69, 9.17) is 4.74 Å². The number of tetrazole rings is 1. The van der Waals surface area contributed by atoms with Crippen LogP contribution < -0.4 is 15.4 Å². The minimum atomic E-state index is 0. The monoisotopic (exact) mass is 482 g/mol. The van der Waals surface area contributed by atoms with Crippen molar-refractivity contribution < 1.29 is 4.74 Å². The van der Waals surface area contributed by atoms with Gasteiger partial charge in [-0.05, 0) is 59.8 Å². The van der Waals surface area contributed by atoms with Crippen LogP contribution in [0.2, 0.25) is 0 Å². The summed E-state index contributed by atoms with van der Waals surface area (Å²) >= 11 is 1.52. The molecule has 2 aromatic carbocycles. The molecule has 31 heavy (non-hydrogen) atoms. The number of hydrogen-bond donors (Lipinski definition) is 2. The first-order chi connectivity index (χ1) is 14.3. The lowest BCUT2D eigenvalue weighted by atomic mass is 9.92. The van der Waals surface area contributed by atoms with E-state index in [-0.39, 0.29) is 24.8 Å². The van der Waals surface area contributed by atoms with Gasteiger partial charge < -0.3 is 15.4 Å². The molecule has 168 valence electrons. The van der Waals surface area contributed by atoms with Crippen molar-refractivity contribution in [2.45, 2.75) is 36.6 Å². The number of hydrogen-bond acceptors (Lipinski definition) is 7. The number of aromatic nitrogens is 4. The van der Waals surface area contributed by atoms with E-state index in [9.17, 15) is 0 Å². The molecule has 0 spiro atoms. The largest absolute Gasteiger partial charge is 0.496 e. The van der Waals surface area contributed by atoms with Crippen LogP contribution in [0, 0.1) is 0 Å². The molecular weight excluding hydrogens is 455 g/mol. The number of nitrogens with zero attached hydrogens (tertiary/aromatic N) is 4. The fourth-order valence-corrected chi connectivity index (χ4v) is 4.30. The summed E-state index contributed by atoms with van der Waals surface area (Å²) in [5.41, 5.74) is 3.34. The molecule has 2 heterocycles. The van der Waals surface area contributed by atoms with Gasteiger partial charge in [-0.2, -0.15) is 4.68 Å². The minimum absolute atomic E-state index is 0. The molecule has 0 aliphatic carbocycles. The van der Waals surface area contributed by atoms with E-state index in [0.29, 0.717) is 18.6 Å². The van der Waals surface area contributed by atoms with E-state index in [0.717, 1.165) is 35.1 Å². The molecule has 0 saturated carbocycles. The Labute approximate surface area is 199 Å². The summed E-state index contributed by atoms with van der Waals surface area (Å²) in [5, 5.41) is 20.2. The Hall–Kier alpha value is -1.84. The zero-order valence-corrected chi connectivity index (χ0v) is 20.0. The molecule has 10 heteroatoms. The molecule has 3 aromatic rings. The minimum Gasteiger partial charge on any atom is -0.496 e. The zero-order valence-electron chi connectivity index (χ0n) is 17.5. The number of piperidine rings is 1. The normalized spacial score (nSPS) is 18.0. The molecular formula is C21H28Cl2N6OS. The first kappa shape index (κ1) is 25.4. The van der Waals surface area contributed by atoms with Crippen LogP contribution in [0.25, 0.3) is 5.69 Å². The van der Waals surface area contributed by atoms with Crippen LogP contribution in [0.3, 0.4) is 0 Å². The Morgan fingerprint density at radius 1 is 1.19 bits per heavy atom. The number of benzene rings is 2. The Kier molecular flexibility index (Phi) is 10.1. The van der Waals surface area contributed by atoms with Crippen LogP contribution in [0.5, 0.6) is 5.75 Å². The van der Waals surface area contributed by atoms with Crippen LogP contribution in [0.15, 0.2) is 53.7 Å². The van der Waals surface area contributed by atoms with E-state index >= 15 is 0 Å². The summed E-state index contributed by atoms with van der Waals surface area (Å²) in [7, 11) is 1.71. The molecule has 2 N–H and O–H groups in total. The topological polar surface area (TPSA) is 76.9 Å². The molecule has 1 aromatic heterocycles. The predicted octanol–water partition coefficient (Wildman–Crippen LogP) is 3.82. The summed E-state index contributed by atoms with van der Waals surface area (Å²) in [5.74, 6) is 0.861. The Bertz CT molecular complexity index is 943. The maximum Gasteiger partial charge on any atom is 0.213 e. The summed E-state index contributed by atoms with van der Waals surface area (Å²) in [4.78, 5) is 0. The van der Waals surface area contributed by atoms with Crippen LogP contribution in [-0.4, -0.2) is 46.2 Å². The Morgan fingerprint density at radius 3 is 2.74 bits per heavy atom. The highest BCUT2D eigenvalue weighted by Crippen LogP contribution is 2.27. The van der Waals surface area contributed by atoms with Crippen LogP contribution in [0.4, 0.5) is 0 Å². The van der Waals surface area contributed by atoms with Gasteiger partial charge in [0, 0.05) is 24.2 Å². The molecule has 4 rings (SSSR count). The van der Waals surface area contributed by atoms with Crippen molar-refractivity contribution in [1.29, 1.82) is 0 Å². The summed E-state index contributed by atoms with van der Waals surface area (Å²) < 4.78 is 7.36. The van der Waals surface area contributed by atoms with Gasteiger partial charge in [0.2, 0.25) is 5.16 Å². The highest BCUT2D eigenvalue weighted by molar-refractivity contribution is 7.98. The molecule has 7 nitrogen and oxygen atoms in total. The third-order valence-electron chi connectivity index (χ3n) is 5.30. The van der Waals surface area contributed by atoms with E-state index in [1.54, 1.807) is 11.8 Å². The second-order valence-corrected chi connectivity index (χ2v) is 7.82. The number of halogens is 2. The van der Waals surface area contributed by atoms with E-state index in [1.165, 1.54) is 23.7 Å². The molecule has 0 radical (unpaired) electrons. The third kappa shape index (κ3) is 5.90. The van der Waals surface area contributed by atoms with Crippen molar-refractivity contribution in [1.82, 2.24) is 30.8 Å². The quantitative estimate of drug-likeness (QED) is 0.495. The van der Waals surface area contributed by atoms with Crippen molar-refractivity contribution in [3.63, 3.8) is 0 Å². The molecule has 0 unspecified atom stereocenters. The molecule has 1 saturated heterocycles. The third-order valence-corrected chi connectivity index (χ3v) is 5.92. The first-order valence-electron chi connectivity index (χ1n) is 9.81. The maximum absolute atomic E-state index is 5.60. The molecule has 1 aliphatic rings. The fourth-order valence-electron chi connectivity index (χ4n) is 3.86. The molecule has 1 fully saturated rings. The number of rotatable bonds is 7. The molecule has 0 amide bonds. The fraction of sp³-hybridized carbons (Fsp3) is 0.381. The maximum atomic E-state index is 5.60. The number of ether oxygens (including phenoxy) is 1. The highest BCUT2D eigenvalue weighted by atomic mass is 35.5. The van der Waals surface area contributed by atoms with Crippen LogP contribution in [0.1, 0.15) is 30.0 Å². The van der Waals surface area contributed by atoms with Gasteiger partial charge in [0.1, 0.15) is 5.75 Å². The van der Waals surface area contributed by atoms with E-state index in [2.05, 4.69) is 62.6 Å². The lowest BCUT2D eigenvalue weighted by Crippen LogP contribution is -2.45. The Balaban J connectivity index is 0.00000171. The zero-order chi connectivity index (χ0) is 20.1. The van der Waals surface area contributed by atoms with E-state index < -0.39 is 0 Å². The molecule has 1 aliphatic heterocycles. The van der Waals surface area contributed by atoms with Gasteiger partial charge in [-0.1, -0.05) is 42.1 Å². The number of thioether (sulfide) groups is 1. The van der Waals surface area contributed by atoms with Crippen molar-refractivity contribution in [3.05, 3.63) is 59.7 Å². The van der Waals surface area contributed by atoms with Gasteiger partial charge in [-0.3, -0.25) is 0 Å². The highest BCUT2D eigenvalue weighted by Gasteiger charge is 2.25. The average molecular weight is 483 g/mol. The summed E-state index contributed by atoms with van der Waals surface area (Å²) in [6, 6.07) is 17.4. The number of nitrogens with one attached hydrogen (secondary N) is 2. The molecule has 0 bridgehead atoms. The van der Waals surface area contributed by atoms with Crippen molar-refractivity contribution in [2.24, 2.45) is 0 Å². The Morgan fingerprint density at radius 2 is 2.00 bits per heavy atom. The summed E-state index contributed by atoms with van der Waals surface area (Å²) in [6.07, 6.45) is 4.27. The lowest BCUT2D eigenvalue weighted by molar-refractivity contribution is 0.303. The van der Waals surface area contributed by atoms with Gasteiger partial charge in [0.15, 0.2) is 0 Å². The van der Waals surface area contributed by atoms with Crippen molar-refractivity contribution in [3.8, 4) is 11.4 Å². The van der Waals surface area contributed by atoms with E-state index in [1.807, 2.05) is 18.4 Å². The van der Waals surface area contributed by atoms with Crippen molar-refractivity contribution >= 4 is 36.6 Å². The number of methoxy groups -OCH3 is 1. The predicted molar refractivity (Wildman–Crippen MR) is 129 cm³/mol. The van der Waals surface area contributed by atoms with Crippen molar-refractivity contribution in [2.75, 3.05) is 19.9 Å². The summed E-state index contributed by atoms with van der Waals surface area (Å²) in [6.45, 7) is 1.76.